The molecule has 1 amide bonds. The minimum atomic E-state index is -4.51. The van der Waals surface area contributed by atoms with Crippen LogP contribution < -0.4 is 11.1 Å². The maximum atomic E-state index is 12.5. The summed E-state index contributed by atoms with van der Waals surface area (Å²) in [6, 6.07) is 8.71. The summed E-state index contributed by atoms with van der Waals surface area (Å²) in [6.07, 6.45) is -3.84. The lowest BCUT2D eigenvalue weighted by Crippen LogP contribution is -2.24. The minimum absolute atomic E-state index is 0.0111. The summed E-state index contributed by atoms with van der Waals surface area (Å²) in [5.41, 5.74) is 5.60. The van der Waals surface area contributed by atoms with Crippen LogP contribution in [0.2, 0.25) is 0 Å². The number of hydrogen-bond acceptors (Lipinski definition) is 4. The molecule has 0 radical (unpaired) electrons. The Labute approximate surface area is 133 Å². The highest BCUT2D eigenvalue weighted by molar-refractivity contribution is 6.01. The van der Waals surface area contributed by atoms with Crippen molar-refractivity contribution in [2.24, 2.45) is 0 Å². The van der Waals surface area contributed by atoms with Crippen LogP contribution in [-0.2, 0) is 12.7 Å². The molecule has 4 N–H and O–H groups in total. The number of fused-ring (bicyclic) bond motifs is 1. The molecule has 0 aliphatic carbocycles. The van der Waals surface area contributed by atoms with E-state index in [4.69, 9.17) is 5.73 Å². The van der Waals surface area contributed by atoms with E-state index in [1.54, 1.807) is 30.3 Å². The summed E-state index contributed by atoms with van der Waals surface area (Å²) >= 11 is 0. The topological polar surface area (TPSA) is 96.7 Å². The van der Waals surface area contributed by atoms with E-state index in [-0.39, 0.29) is 23.8 Å². The van der Waals surface area contributed by atoms with Crippen molar-refractivity contribution in [3.63, 3.8) is 0 Å². The summed E-state index contributed by atoms with van der Waals surface area (Å²) in [6.45, 7) is -0.193. The molecular formula is C15H12F3N5O. The molecule has 24 heavy (non-hydrogen) atoms. The highest BCUT2D eigenvalue weighted by atomic mass is 19.4. The van der Waals surface area contributed by atoms with Gasteiger partial charge in [0.05, 0.1) is 23.8 Å². The first-order valence-electron chi connectivity index (χ1n) is 6.89. The molecule has 0 saturated carbocycles. The zero-order valence-corrected chi connectivity index (χ0v) is 12.2. The third-order valence-corrected chi connectivity index (χ3v) is 3.35. The number of imidazole rings is 1. The van der Waals surface area contributed by atoms with Crippen LogP contribution in [0.15, 0.2) is 36.5 Å². The molecule has 3 aromatic rings. The molecule has 6 nitrogen and oxygen atoms in total. The zero-order chi connectivity index (χ0) is 17.3. The average Bonchev–Trinajstić information content (AvgIpc) is 3.01. The normalized spacial score (nSPS) is 11.6. The summed E-state index contributed by atoms with van der Waals surface area (Å²) in [5, 5.41) is 3.20. The Hall–Kier alpha value is -3.10. The van der Waals surface area contributed by atoms with Crippen molar-refractivity contribution in [1.82, 2.24) is 20.3 Å². The number of nitrogen functional groups attached to an aromatic ring is 1. The number of nitrogens with two attached hydrogens (primary N) is 1. The molecule has 2 aromatic heterocycles. The number of aromatic amines is 1. The van der Waals surface area contributed by atoms with Crippen molar-refractivity contribution in [3.05, 3.63) is 53.6 Å². The number of pyridine rings is 1. The van der Waals surface area contributed by atoms with Gasteiger partial charge < -0.3 is 16.0 Å². The van der Waals surface area contributed by atoms with Crippen LogP contribution in [-0.4, -0.2) is 20.9 Å². The van der Waals surface area contributed by atoms with Crippen LogP contribution in [0, 0.1) is 0 Å². The fourth-order valence-electron chi connectivity index (χ4n) is 2.17. The van der Waals surface area contributed by atoms with Crippen molar-refractivity contribution in [3.8, 4) is 0 Å². The number of halogens is 3. The van der Waals surface area contributed by atoms with Crippen LogP contribution in [0.4, 0.5) is 19.0 Å². The quantitative estimate of drug-likeness (QED) is 0.685. The summed E-state index contributed by atoms with van der Waals surface area (Å²) < 4.78 is 37.4. The minimum Gasteiger partial charge on any atom is -0.383 e. The molecule has 0 unspecified atom stereocenters. The first-order chi connectivity index (χ1) is 11.3. The van der Waals surface area contributed by atoms with Crippen LogP contribution in [0.1, 0.15) is 21.9 Å². The van der Waals surface area contributed by atoms with Crippen molar-refractivity contribution < 1.29 is 18.0 Å². The average molecular weight is 335 g/mol. The number of amides is 1. The molecule has 0 atom stereocenters. The van der Waals surface area contributed by atoms with Gasteiger partial charge in [-0.3, -0.25) is 4.79 Å². The molecular weight excluding hydrogens is 323 g/mol. The van der Waals surface area contributed by atoms with E-state index < -0.39 is 17.8 Å². The summed E-state index contributed by atoms with van der Waals surface area (Å²) in [5.74, 6) is -0.514. The summed E-state index contributed by atoms with van der Waals surface area (Å²) in [4.78, 5) is 22.0. The number of para-hydroxylation sites is 1. The highest BCUT2D eigenvalue weighted by Gasteiger charge is 2.32. The Kier molecular flexibility index (Phi) is 3.84. The van der Waals surface area contributed by atoms with E-state index in [1.807, 2.05) is 0 Å². The van der Waals surface area contributed by atoms with Gasteiger partial charge in [-0.2, -0.15) is 13.2 Å². The maximum absolute atomic E-state index is 12.5. The second kappa shape index (κ2) is 5.84. The molecule has 0 spiro atoms. The second-order valence-electron chi connectivity index (χ2n) is 5.04. The Balaban J connectivity index is 1.75. The third kappa shape index (κ3) is 3.14. The lowest BCUT2D eigenvalue weighted by Gasteiger charge is -2.07. The molecule has 9 heteroatoms. The standard InChI is InChI=1S/C15H12F3N5O/c16-15(17,18)11-6-20-12(23-11)7-21-14(24)9-5-8-3-1-2-4-10(8)22-13(9)19/h1-6H,7H2,(H2,19,22)(H,20,23)(H,21,24). The number of carbonyl (C=O) groups is 1. The molecule has 0 saturated heterocycles. The molecule has 3 rings (SSSR count). The van der Waals surface area contributed by atoms with Gasteiger partial charge in [-0.15, -0.1) is 0 Å². The van der Waals surface area contributed by atoms with Gasteiger partial charge in [0.1, 0.15) is 17.3 Å². The van der Waals surface area contributed by atoms with Crippen LogP contribution >= 0.6 is 0 Å². The van der Waals surface area contributed by atoms with Crippen LogP contribution in [0.25, 0.3) is 10.9 Å². The van der Waals surface area contributed by atoms with Crippen molar-refractivity contribution >= 4 is 22.6 Å². The number of alkyl halides is 3. The van der Waals surface area contributed by atoms with Gasteiger partial charge in [-0.1, -0.05) is 18.2 Å². The number of hydrogen-bond donors (Lipinski definition) is 3. The Morgan fingerprint density at radius 3 is 2.75 bits per heavy atom. The molecule has 1 aromatic carbocycles. The van der Waals surface area contributed by atoms with E-state index in [1.165, 1.54) is 0 Å². The predicted molar refractivity (Wildman–Crippen MR) is 80.9 cm³/mol. The van der Waals surface area contributed by atoms with E-state index in [0.29, 0.717) is 11.7 Å². The number of benzene rings is 1. The molecule has 0 aliphatic rings. The monoisotopic (exact) mass is 335 g/mol. The lowest BCUT2D eigenvalue weighted by atomic mass is 10.1. The molecule has 0 fully saturated rings. The van der Waals surface area contributed by atoms with Crippen molar-refractivity contribution in [2.75, 3.05) is 5.73 Å². The highest BCUT2D eigenvalue weighted by Crippen LogP contribution is 2.27. The fraction of sp³-hybridized carbons (Fsp3) is 0.133. The van der Waals surface area contributed by atoms with Crippen molar-refractivity contribution in [1.29, 1.82) is 0 Å². The fourth-order valence-corrected chi connectivity index (χ4v) is 2.17. The lowest BCUT2D eigenvalue weighted by molar-refractivity contribution is -0.140. The first kappa shape index (κ1) is 15.8. The number of rotatable bonds is 3. The maximum Gasteiger partial charge on any atom is 0.432 e. The van der Waals surface area contributed by atoms with E-state index >= 15 is 0 Å². The number of nitrogens with one attached hydrogen (secondary N) is 2. The van der Waals surface area contributed by atoms with Crippen molar-refractivity contribution in [2.45, 2.75) is 12.7 Å². The van der Waals surface area contributed by atoms with Crippen LogP contribution in [0.3, 0.4) is 0 Å². The van der Waals surface area contributed by atoms with Gasteiger partial charge in [-0.05, 0) is 12.1 Å². The number of anilines is 1. The van der Waals surface area contributed by atoms with Gasteiger partial charge in [0.15, 0.2) is 0 Å². The van der Waals surface area contributed by atoms with E-state index in [2.05, 4.69) is 20.3 Å². The van der Waals surface area contributed by atoms with E-state index in [0.717, 1.165) is 5.39 Å². The number of carbonyl (C=O) groups excluding carboxylic acids is 1. The Bertz CT molecular complexity index is 904. The molecule has 0 aliphatic heterocycles. The molecule has 124 valence electrons. The third-order valence-electron chi connectivity index (χ3n) is 3.35. The number of aromatic nitrogens is 3. The number of H-pyrrole nitrogens is 1. The Morgan fingerprint density at radius 1 is 1.29 bits per heavy atom. The first-order valence-corrected chi connectivity index (χ1v) is 6.89. The van der Waals surface area contributed by atoms with Crippen LogP contribution in [0.5, 0.6) is 0 Å². The van der Waals surface area contributed by atoms with Gasteiger partial charge in [0, 0.05) is 5.39 Å². The smallest absolute Gasteiger partial charge is 0.383 e. The number of nitrogens with zero attached hydrogens (tertiary/aromatic N) is 2. The largest absolute Gasteiger partial charge is 0.432 e. The van der Waals surface area contributed by atoms with Gasteiger partial charge >= 0.3 is 6.18 Å². The van der Waals surface area contributed by atoms with Gasteiger partial charge in [0.2, 0.25) is 0 Å². The molecule has 0 bridgehead atoms. The predicted octanol–water partition coefficient (Wildman–Crippen LogP) is 2.49. The Morgan fingerprint density at radius 2 is 2.04 bits per heavy atom. The second-order valence-corrected chi connectivity index (χ2v) is 5.04. The van der Waals surface area contributed by atoms with E-state index in [9.17, 15) is 18.0 Å². The molecule has 2 heterocycles. The van der Waals surface area contributed by atoms with Gasteiger partial charge in [-0.25, -0.2) is 9.97 Å². The SMILES string of the molecule is Nc1nc2ccccc2cc1C(=O)NCc1ncc(C(F)(F)F)[nH]1. The summed E-state index contributed by atoms with van der Waals surface area (Å²) in [7, 11) is 0. The van der Waals surface area contributed by atoms with Gasteiger partial charge in [0.25, 0.3) is 5.91 Å². The zero-order valence-electron chi connectivity index (χ0n) is 12.2.